The number of likely N-dealkylation sites (tertiary alicyclic amines) is 1. The second kappa shape index (κ2) is 6.45. The number of anilines is 1. The van der Waals surface area contributed by atoms with Gasteiger partial charge < -0.3 is 19.8 Å². The molecule has 0 saturated carbocycles. The van der Waals surface area contributed by atoms with Crippen LogP contribution in [0.3, 0.4) is 0 Å². The number of hydrogen-bond donors (Lipinski definition) is 1. The zero-order valence-electron chi connectivity index (χ0n) is 14.3. The zero-order valence-corrected chi connectivity index (χ0v) is 14.3. The standard InChI is InChI=1S/C18H19FN4O3/c1-25-14-8-13(9-22-5-4-17(20)21-22)23(10-14)18(24)16-7-11-6-12(19)2-3-15(11)26-16/h2-7,13-14H,8-10H2,1H3,(H2,20,21)/t13-,14-/m0/s1. The van der Waals surface area contributed by atoms with Gasteiger partial charge in [-0.3, -0.25) is 9.48 Å². The molecule has 8 heteroatoms. The van der Waals surface area contributed by atoms with Gasteiger partial charge in [0.25, 0.3) is 5.91 Å². The number of fused-ring (bicyclic) bond motifs is 1. The maximum atomic E-state index is 13.4. The van der Waals surface area contributed by atoms with E-state index < -0.39 is 0 Å². The van der Waals surface area contributed by atoms with Gasteiger partial charge in [-0.15, -0.1) is 0 Å². The number of benzene rings is 1. The van der Waals surface area contributed by atoms with Crippen molar-refractivity contribution in [2.45, 2.75) is 25.1 Å². The van der Waals surface area contributed by atoms with Crippen molar-refractivity contribution in [3.05, 3.63) is 48.1 Å². The SMILES string of the molecule is CO[C@H]1C[C@@H](Cn2ccc(N)n2)N(C(=O)c2cc3cc(F)ccc3o2)C1. The lowest BCUT2D eigenvalue weighted by Crippen LogP contribution is -2.38. The highest BCUT2D eigenvalue weighted by Crippen LogP contribution is 2.27. The molecule has 1 aliphatic heterocycles. The molecule has 2 atom stereocenters. The highest BCUT2D eigenvalue weighted by Gasteiger charge is 2.37. The molecule has 2 N–H and O–H groups in total. The van der Waals surface area contributed by atoms with Crippen LogP contribution in [0.5, 0.6) is 0 Å². The molecule has 3 heterocycles. The molecular formula is C18H19FN4O3. The van der Waals surface area contributed by atoms with Gasteiger partial charge in [0.05, 0.1) is 18.7 Å². The molecule has 0 aliphatic carbocycles. The van der Waals surface area contributed by atoms with E-state index in [-0.39, 0.29) is 29.6 Å². The Bertz CT molecular complexity index is 951. The third-order valence-corrected chi connectivity index (χ3v) is 4.72. The van der Waals surface area contributed by atoms with Gasteiger partial charge in [-0.1, -0.05) is 0 Å². The van der Waals surface area contributed by atoms with Gasteiger partial charge in [0.15, 0.2) is 5.76 Å². The van der Waals surface area contributed by atoms with Crippen molar-refractivity contribution in [3.63, 3.8) is 0 Å². The summed E-state index contributed by atoms with van der Waals surface area (Å²) in [5, 5.41) is 4.75. The largest absolute Gasteiger partial charge is 0.451 e. The number of carbonyl (C=O) groups is 1. The van der Waals surface area contributed by atoms with E-state index in [0.29, 0.717) is 36.3 Å². The number of nitrogen functional groups attached to an aromatic ring is 1. The molecule has 7 nitrogen and oxygen atoms in total. The third kappa shape index (κ3) is 3.03. The Labute approximate surface area is 149 Å². The minimum absolute atomic E-state index is 0.0568. The van der Waals surface area contributed by atoms with Crippen molar-refractivity contribution in [1.29, 1.82) is 0 Å². The molecule has 0 radical (unpaired) electrons. The van der Waals surface area contributed by atoms with E-state index >= 15 is 0 Å². The van der Waals surface area contributed by atoms with Crippen molar-refractivity contribution >= 4 is 22.7 Å². The number of amides is 1. The van der Waals surface area contributed by atoms with E-state index in [1.54, 1.807) is 35.0 Å². The molecule has 0 bridgehead atoms. The Hall–Kier alpha value is -2.87. The number of hydrogen-bond acceptors (Lipinski definition) is 5. The summed E-state index contributed by atoms with van der Waals surface area (Å²) in [6, 6.07) is 7.36. The summed E-state index contributed by atoms with van der Waals surface area (Å²) < 4.78 is 26.2. The number of ether oxygens (including phenoxy) is 1. The Morgan fingerprint density at radius 2 is 2.27 bits per heavy atom. The molecule has 0 spiro atoms. The number of rotatable bonds is 4. The van der Waals surface area contributed by atoms with Crippen molar-refractivity contribution in [1.82, 2.24) is 14.7 Å². The van der Waals surface area contributed by atoms with E-state index in [9.17, 15) is 9.18 Å². The van der Waals surface area contributed by atoms with Crippen molar-refractivity contribution in [2.75, 3.05) is 19.4 Å². The van der Waals surface area contributed by atoms with Gasteiger partial charge in [-0.05, 0) is 36.8 Å². The van der Waals surface area contributed by atoms with Crippen LogP contribution in [0.2, 0.25) is 0 Å². The first-order valence-corrected chi connectivity index (χ1v) is 8.35. The topological polar surface area (TPSA) is 86.5 Å². The molecule has 1 saturated heterocycles. The van der Waals surface area contributed by atoms with Crippen LogP contribution < -0.4 is 5.73 Å². The van der Waals surface area contributed by atoms with Gasteiger partial charge >= 0.3 is 0 Å². The Morgan fingerprint density at radius 3 is 3.00 bits per heavy atom. The van der Waals surface area contributed by atoms with E-state index in [2.05, 4.69) is 5.10 Å². The van der Waals surface area contributed by atoms with E-state index in [1.807, 2.05) is 0 Å². The number of furan rings is 1. The van der Waals surface area contributed by atoms with Gasteiger partial charge in [0.2, 0.25) is 0 Å². The fraction of sp³-hybridized carbons (Fsp3) is 0.333. The summed E-state index contributed by atoms with van der Waals surface area (Å²) in [5.41, 5.74) is 6.14. The Kier molecular flexibility index (Phi) is 4.12. The van der Waals surface area contributed by atoms with Crippen LogP contribution in [0, 0.1) is 5.82 Å². The van der Waals surface area contributed by atoms with Crippen LogP contribution in [0.4, 0.5) is 10.2 Å². The van der Waals surface area contributed by atoms with Crippen molar-refractivity contribution in [2.24, 2.45) is 0 Å². The second-order valence-electron chi connectivity index (χ2n) is 6.46. The van der Waals surface area contributed by atoms with Crippen LogP contribution >= 0.6 is 0 Å². The molecule has 1 amide bonds. The minimum Gasteiger partial charge on any atom is -0.451 e. The van der Waals surface area contributed by atoms with Crippen molar-refractivity contribution in [3.8, 4) is 0 Å². The number of aromatic nitrogens is 2. The fourth-order valence-electron chi connectivity index (χ4n) is 3.42. The first kappa shape index (κ1) is 16.6. The lowest BCUT2D eigenvalue weighted by atomic mass is 10.2. The predicted octanol–water partition coefficient (Wildman–Crippen LogP) is 2.28. The predicted molar refractivity (Wildman–Crippen MR) is 93.0 cm³/mol. The van der Waals surface area contributed by atoms with Crippen molar-refractivity contribution < 1.29 is 18.3 Å². The van der Waals surface area contributed by atoms with Gasteiger partial charge in [-0.25, -0.2) is 4.39 Å². The second-order valence-corrected chi connectivity index (χ2v) is 6.46. The Balaban J connectivity index is 1.60. The number of nitrogens with zero attached hydrogens (tertiary/aromatic N) is 3. The number of halogens is 1. The quantitative estimate of drug-likeness (QED) is 0.773. The molecule has 3 aromatic rings. The summed E-state index contributed by atoms with van der Waals surface area (Å²) in [6.07, 6.45) is 2.41. The first-order chi connectivity index (χ1) is 12.5. The summed E-state index contributed by atoms with van der Waals surface area (Å²) in [7, 11) is 1.63. The number of methoxy groups -OCH3 is 1. The number of nitrogens with two attached hydrogens (primary N) is 1. The molecule has 26 heavy (non-hydrogen) atoms. The van der Waals surface area contributed by atoms with Gasteiger partial charge in [0.1, 0.15) is 17.2 Å². The summed E-state index contributed by atoms with van der Waals surface area (Å²) in [5.74, 6) is 0.00848. The first-order valence-electron chi connectivity index (χ1n) is 8.35. The highest BCUT2D eigenvalue weighted by atomic mass is 19.1. The molecule has 136 valence electrons. The molecule has 0 unspecified atom stereocenters. The van der Waals surface area contributed by atoms with Gasteiger partial charge in [0, 0.05) is 25.2 Å². The molecule has 1 aromatic carbocycles. The maximum absolute atomic E-state index is 13.4. The maximum Gasteiger partial charge on any atom is 0.290 e. The average Bonchev–Trinajstić information content (AvgIpc) is 3.32. The lowest BCUT2D eigenvalue weighted by Gasteiger charge is -2.23. The summed E-state index contributed by atoms with van der Waals surface area (Å²) >= 11 is 0. The van der Waals surface area contributed by atoms with E-state index in [4.69, 9.17) is 14.9 Å². The zero-order chi connectivity index (χ0) is 18.3. The fourth-order valence-corrected chi connectivity index (χ4v) is 3.42. The smallest absolute Gasteiger partial charge is 0.290 e. The molecular weight excluding hydrogens is 339 g/mol. The van der Waals surface area contributed by atoms with Crippen LogP contribution in [-0.4, -0.2) is 46.4 Å². The van der Waals surface area contributed by atoms with E-state index in [1.165, 1.54) is 18.2 Å². The highest BCUT2D eigenvalue weighted by molar-refractivity contribution is 5.96. The summed E-state index contributed by atoms with van der Waals surface area (Å²) in [4.78, 5) is 14.7. The van der Waals surface area contributed by atoms with Crippen LogP contribution in [-0.2, 0) is 11.3 Å². The molecule has 2 aromatic heterocycles. The summed E-state index contributed by atoms with van der Waals surface area (Å²) in [6.45, 7) is 0.972. The third-order valence-electron chi connectivity index (χ3n) is 4.72. The monoisotopic (exact) mass is 358 g/mol. The molecule has 1 aliphatic rings. The lowest BCUT2D eigenvalue weighted by molar-refractivity contribution is 0.0651. The normalized spacial score (nSPS) is 20.2. The molecule has 4 rings (SSSR count). The molecule has 1 fully saturated rings. The average molecular weight is 358 g/mol. The van der Waals surface area contributed by atoms with Crippen LogP contribution in [0.1, 0.15) is 17.0 Å². The van der Waals surface area contributed by atoms with Crippen LogP contribution in [0.15, 0.2) is 40.9 Å². The number of carbonyl (C=O) groups excluding carboxylic acids is 1. The van der Waals surface area contributed by atoms with Gasteiger partial charge in [-0.2, -0.15) is 5.10 Å². The Morgan fingerprint density at radius 1 is 1.42 bits per heavy atom. The van der Waals surface area contributed by atoms with E-state index in [0.717, 1.165) is 0 Å². The minimum atomic E-state index is -0.368. The van der Waals surface area contributed by atoms with Crippen LogP contribution in [0.25, 0.3) is 11.0 Å².